The van der Waals surface area contributed by atoms with Crippen LogP contribution in [-0.2, 0) is 4.74 Å². The summed E-state index contributed by atoms with van der Waals surface area (Å²) >= 11 is 0. The fourth-order valence-corrected chi connectivity index (χ4v) is 2.36. The minimum Gasteiger partial charge on any atom is -0.493 e. The highest BCUT2D eigenvalue weighted by Gasteiger charge is 2.19. The lowest BCUT2D eigenvalue weighted by atomic mass is 9.99. The molecule has 1 rings (SSSR count). The van der Waals surface area contributed by atoms with E-state index in [2.05, 4.69) is 33.4 Å². The van der Waals surface area contributed by atoms with Gasteiger partial charge in [-0.1, -0.05) is 42.9 Å². The zero-order chi connectivity index (χ0) is 18.7. The van der Waals surface area contributed by atoms with Crippen molar-refractivity contribution in [3.8, 4) is 11.5 Å². The Labute approximate surface area is 153 Å². The number of benzene rings is 1. The molecule has 0 aliphatic rings. The van der Waals surface area contributed by atoms with Gasteiger partial charge in [0, 0.05) is 0 Å². The topological polar surface area (TPSA) is 27.7 Å². The molecule has 0 saturated carbocycles. The molecule has 25 heavy (non-hydrogen) atoms. The largest absolute Gasteiger partial charge is 0.493 e. The molecule has 3 nitrogen and oxygen atoms in total. The second-order valence-electron chi connectivity index (χ2n) is 6.29. The van der Waals surface area contributed by atoms with E-state index < -0.39 is 0 Å². The van der Waals surface area contributed by atoms with Crippen LogP contribution in [0.4, 0.5) is 0 Å². The van der Waals surface area contributed by atoms with Crippen LogP contribution >= 0.6 is 0 Å². The summed E-state index contributed by atoms with van der Waals surface area (Å²) < 4.78 is 16.6. The number of rotatable bonds is 11. The molecule has 138 valence electrons. The van der Waals surface area contributed by atoms with Crippen molar-refractivity contribution in [1.82, 2.24) is 0 Å². The first-order valence-corrected chi connectivity index (χ1v) is 8.79. The highest BCUT2D eigenvalue weighted by Crippen LogP contribution is 2.28. The van der Waals surface area contributed by atoms with Crippen LogP contribution < -0.4 is 9.47 Å². The molecule has 1 atom stereocenters. The van der Waals surface area contributed by atoms with Gasteiger partial charge in [0.1, 0.15) is 0 Å². The number of allylic oxidation sites excluding steroid dienone is 2. The molecule has 0 radical (unpaired) electrons. The number of hydrogen-bond acceptors (Lipinski definition) is 3. The molecule has 1 aromatic rings. The standard InChI is InChI=1S/C22H32O3/c1-7-18(3)11-9-15-22(4,8-2)25-16-10-12-19-13-14-20(23-5)21(17-19)24-6/h8,10-14,17H,2,7,9,15-16H2,1,3-6H3/b12-10+,18-11+. The van der Waals surface area contributed by atoms with E-state index in [1.54, 1.807) is 14.2 Å². The average molecular weight is 344 g/mol. The van der Waals surface area contributed by atoms with Crippen LogP contribution in [-0.4, -0.2) is 26.4 Å². The van der Waals surface area contributed by atoms with Crippen molar-refractivity contribution in [3.63, 3.8) is 0 Å². The van der Waals surface area contributed by atoms with Crippen molar-refractivity contribution >= 4 is 6.08 Å². The summed E-state index contributed by atoms with van der Waals surface area (Å²) in [5.74, 6) is 1.45. The van der Waals surface area contributed by atoms with Crippen molar-refractivity contribution in [2.24, 2.45) is 0 Å². The lowest BCUT2D eigenvalue weighted by molar-refractivity contribution is 0.0182. The Morgan fingerprint density at radius 1 is 1.20 bits per heavy atom. The van der Waals surface area contributed by atoms with E-state index in [1.807, 2.05) is 36.4 Å². The van der Waals surface area contributed by atoms with E-state index in [0.29, 0.717) is 6.61 Å². The van der Waals surface area contributed by atoms with E-state index in [4.69, 9.17) is 14.2 Å². The summed E-state index contributed by atoms with van der Waals surface area (Å²) in [7, 11) is 3.27. The molecule has 0 heterocycles. The van der Waals surface area contributed by atoms with Crippen LogP contribution in [0.15, 0.2) is 48.6 Å². The molecule has 0 spiro atoms. The lowest BCUT2D eigenvalue weighted by Crippen LogP contribution is -2.25. The minimum absolute atomic E-state index is 0.313. The molecule has 0 fully saturated rings. The Morgan fingerprint density at radius 3 is 2.52 bits per heavy atom. The fourth-order valence-electron chi connectivity index (χ4n) is 2.36. The van der Waals surface area contributed by atoms with Gasteiger partial charge in [-0.2, -0.15) is 0 Å². The van der Waals surface area contributed by atoms with Crippen molar-refractivity contribution in [2.45, 2.75) is 45.6 Å². The summed E-state index contributed by atoms with van der Waals surface area (Å²) in [5.41, 5.74) is 2.15. The van der Waals surface area contributed by atoms with E-state index in [1.165, 1.54) is 5.57 Å². The predicted octanol–water partition coefficient (Wildman–Crippen LogP) is 5.81. The third-order valence-electron chi connectivity index (χ3n) is 4.35. The Hall–Kier alpha value is -2.00. The molecular weight excluding hydrogens is 312 g/mol. The van der Waals surface area contributed by atoms with Gasteiger partial charge < -0.3 is 14.2 Å². The summed E-state index contributed by atoms with van der Waals surface area (Å²) in [6.45, 7) is 10.9. The third-order valence-corrected chi connectivity index (χ3v) is 4.35. The molecule has 3 heteroatoms. The van der Waals surface area contributed by atoms with Crippen molar-refractivity contribution in [1.29, 1.82) is 0 Å². The third kappa shape index (κ3) is 7.18. The smallest absolute Gasteiger partial charge is 0.161 e. The van der Waals surface area contributed by atoms with Gasteiger partial charge in [0.25, 0.3) is 0 Å². The second-order valence-corrected chi connectivity index (χ2v) is 6.29. The van der Waals surface area contributed by atoms with E-state index in [9.17, 15) is 0 Å². The molecular formula is C22H32O3. The summed E-state index contributed by atoms with van der Waals surface area (Å²) in [6, 6.07) is 5.83. The maximum absolute atomic E-state index is 6.03. The maximum atomic E-state index is 6.03. The van der Waals surface area contributed by atoms with Crippen LogP contribution in [0.5, 0.6) is 11.5 Å². The van der Waals surface area contributed by atoms with Gasteiger partial charge in [0.15, 0.2) is 11.5 Å². The van der Waals surface area contributed by atoms with Gasteiger partial charge in [0.2, 0.25) is 0 Å². The summed E-state index contributed by atoms with van der Waals surface area (Å²) in [5, 5.41) is 0. The zero-order valence-electron chi connectivity index (χ0n) is 16.3. The Balaban J connectivity index is 2.58. The van der Waals surface area contributed by atoms with Crippen molar-refractivity contribution in [2.75, 3.05) is 20.8 Å². The Bertz CT molecular complexity index is 601. The molecule has 0 aromatic heterocycles. The average Bonchev–Trinajstić information content (AvgIpc) is 2.64. The molecule has 0 aliphatic carbocycles. The molecule has 1 aromatic carbocycles. The van der Waals surface area contributed by atoms with E-state index in [-0.39, 0.29) is 5.60 Å². The highest BCUT2D eigenvalue weighted by molar-refractivity contribution is 5.55. The first-order valence-electron chi connectivity index (χ1n) is 8.79. The molecule has 0 saturated heterocycles. The second kappa shape index (κ2) is 10.8. The first kappa shape index (κ1) is 21.0. The quantitative estimate of drug-likeness (QED) is 0.474. The molecule has 0 amide bonds. The van der Waals surface area contributed by atoms with E-state index in [0.717, 1.165) is 36.3 Å². The van der Waals surface area contributed by atoms with Gasteiger partial charge >= 0.3 is 0 Å². The first-order chi connectivity index (χ1) is 12.0. The van der Waals surface area contributed by atoms with Crippen LogP contribution in [0, 0.1) is 0 Å². The van der Waals surface area contributed by atoms with Crippen LogP contribution in [0.2, 0.25) is 0 Å². The molecule has 0 aliphatic heterocycles. The van der Waals surface area contributed by atoms with Gasteiger partial charge in [-0.05, 0) is 50.8 Å². The molecule has 0 N–H and O–H groups in total. The van der Waals surface area contributed by atoms with Crippen LogP contribution in [0.3, 0.4) is 0 Å². The van der Waals surface area contributed by atoms with Crippen molar-refractivity contribution < 1.29 is 14.2 Å². The Morgan fingerprint density at radius 2 is 1.92 bits per heavy atom. The number of hydrogen-bond donors (Lipinski definition) is 0. The van der Waals surface area contributed by atoms with Gasteiger partial charge in [-0.3, -0.25) is 0 Å². The lowest BCUT2D eigenvalue weighted by Gasteiger charge is -2.25. The zero-order valence-corrected chi connectivity index (χ0v) is 16.3. The van der Waals surface area contributed by atoms with Crippen LogP contribution in [0.1, 0.15) is 45.6 Å². The van der Waals surface area contributed by atoms with Gasteiger partial charge in [-0.25, -0.2) is 0 Å². The summed E-state index contributed by atoms with van der Waals surface area (Å²) in [6.07, 6.45) is 11.2. The minimum atomic E-state index is -0.313. The Kier molecular flexibility index (Phi) is 9.07. The highest BCUT2D eigenvalue weighted by atomic mass is 16.5. The molecule has 0 bridgehead atoms. The monoisotopic (exact) mass is 344 g/mol. The number of methoxy groups -OCH3 is 2. The van der Waals surface area contributed by atoms with Crippen LogP contribution in [0.25, 0.3) is 6.08 Å². The number of ether oxygens (including phenoxy) is 3. The fraction of sp³-hybridized carbons (Fsp3) is 0.455. The normalized spacial score (nSPS) is 14.4. The summed E-state index contributed by atoms with van der Waals surface area (Å²) in [4.78, 5) is 0. The van der Waals surface area contributed by atoms with Gasteiger partial charge in [0.05, 0.1) is 26.4 Å². The predicted molar refractivity (Wildman–Crippen MR) is 106 cm³/mol. The van der Waals surface area contributed by atoms with Crippen molar-refractivity contribution in [3.05, 3.63) is 54.1 Å². The van der Waals surface area contributed by atoms with Gasteiger partial charge in [-0.15, -0.1) is 6.58 Å². The van der Waals surface area contributed by atoms with E-state index >= 15 is 0 Å². The molecule has 1 unspecified atom stereocenters. The SMILES string of the molecule is C=CC(C)(CC/C=C(\C)CC)OC/C=C/c1ccc(OC)c(OC)c1. The maximum Gasteiger partial charge on any atom is 0.161 e.